The zero-order valence-corrected chi connectivity index (χ0v) is 15.4. The van der Waals surface area contributed by atoms with Crippen molar-refractivity contribution >= 4 is 11.7 Å². The van der Waals surface area contributed by atoms with Crippen LogP contribution in [0.15, 0.2) is 54.6 Å². The van der Waals surface area contributed by atoms with Crippen LogP contribution in [0.5, 0.6) is 5.75 Å². The molecule has 1 saturated heterocycles. The van der Waals surface area contributed by atoms with Crippen molar-refractivity contribution in [1.82, 2.24) is 10.2 Å². The van der Waals surface area contributed by atoms with Crippen LogP contribution in [0.4, 0.5) is 14.9 Å². The lowest BCUT2D eigenvalue weighted by Gasteiger charge is -2.36. The third-order valence-electron chi connectivity index (χ3n) is 4.62. The van der Waals surface area contributed by atoms with Crippen LogP contribution in [0, 0.1) is 5.82 Å². The number of nitrogens with one attached hydrogen (secondary N) is 1. The molecule has 144 valence electrons. The third kappa shape index (κ3) is 5.88. The molecule has 0 radical (unpaired) electrons. The van der Waals surface area contributed by atoms with Gasteiger partial charge in [0.15, 0.2) is 0 Å². The number of hydrogen-bond acceptors (Lipinski definition) is 3. The van der Waals surface area contributed by atoms with Crippen molar-refractivity contribution in [2.75, 3.05) is 44.2 Å². The Bertz CT molecular complexity index is 701. The summed E-state index contributed by atoms with van der Waals surface area (Å²) in [4.78, 5) is 16.4. The number of benzene rings is 2. The second kappa shape index (κ2) is 9.80. The van der Waals surface area contributed by atoms with E-state index in [1.807, 2.05) is 23.1 Å². The van der Waals surface area contributed by atoms with Crippen molar-refractivity contribution in [1.29, 1.82) is 0 Å². The van der Waals surface area contributed by atoms with E-state index in [1.165, 1.54) is 17.8 Å². The monoisotopic (exact) mass is 371 g/mol. The number of unbranched alkanes of at least 4 members (excludes halogenated alkanes) is 1. The average molecular weight is 371 g/mol. The summed E-state index contributed by atoms with van der Waals surface area (Å²) in [6, 6.07) is 16.3. The lowest BCUT2D eigenvalue weighted by Crippen LogP contribution is -2.52. The highest BCUT2D eigenvalue weighted by molar-refractivity contribution is 5.74. The molecule has 0 unspecified atom stereocenters. The summed E-state index contributed by atoms with van der Waals surface area (Å²) in [5, 5.41) is 2.98. The van der Waals surface area contributed by atoms with Crippen LogP contribution in [0.1, 0.15) is 12.8 Å². The maximum atomic E-state index is 12.8. The summed E-state index contributed by atoms with van der Waals surface area (Å²) in [6.45, 7) is 4.34. The molecule has 2 aromatic carbocycles. The number of rotatable bonds is 7. The molecule has 1 aliphatic rings. The Morgan fingerprint density at radius 3 is 2.37 bits per heavy atom. The number of hydrogen-bond donors (Lipinski definition) is 1. The molecule has 3 rings (SSSR count). The number of anilines is 1. The number of ether oxygens (including phenoxy) is 1. The predicted molar refractivity (Wildman–Crippen MR) is 105 cm³/mol. The smallest absolute Gasteiger partial charge is 0.317 e. The fraction of sp³-hybridized carbons (Fsp3) is 0.381. The van der Waals surface area contributed by atoms with E-state index in [2.05, 4.69) is 22.3 Å². The third-order valence-corrected chi connectivity index (χ3v) is 4.62. The van der Waals surface area contributed by atoms with Gasteiger partial charge in [0.1, 0.15) is 11.6 Å². The zero-order chi connectivity index (χ0) is 18.9. The first kappa shape index (κ1) is 19.0. The molecule has 0 atom stereocenters. The fourth-order valence-electron chi connectivity index (χ4n) is 3.06. The van der Waals surface area contributed by atoms with Crippen molar-refractivity contribution in [3.63, 3.8) is 0 Å². The molecule has 5 nitrogen and oxygen atoms in total. The van der Waals surface area contributed by atoms with Crippen LogP contribution >= 0.6 is 0 Å². The van der Waals surface area contributed by atoms with Gasteiger partial charge in [-0.3, -0.25) is 0 Å². The Balaban J connectivity index is 1.27. The molecular formula is C21H26FN3O2. The van der Waals surface area contributed by atoms with E-state index in [9.17, 15) is 9.18 Å². The van der Waals surface area contributed by atoms with Gasteiger partial charge in [-0.25, -0.2) is 9.18 Å². The van der Waals surface area contributed by atoms with E-state index in [-0.39, 0.29) is 11.8 Å². The number of para-hydroxylation sites is 1. The second-order valence-electron chi connectivity index (χ2n) is 6.55. The molecule has 6 heteroatoms. The number of piperazine rings is 1. The highest BCUT2D eigenvalue weighted by atomic mass is 19.1. The van der Waals surface area contributed by atoms with Crippen molar-refractivity contribution < 1.29 is 13.9 Å². The molecule has 1 N–H and O–H groups in total. The molecule has 2 amide bonds. The summed E-state index contributed by atoms with van der Waals surface area (Å²) >= 11 is 0. The normalized spacial score (nSPS) is 14.1. The molecule has 27 heavy (non-hydrogen) atoms. The summed E-state index contributed by atoms with van der Waals surface area (Å²) in [5.74, 6) is 0.395. The molecule has 1 heterocycles. The summed E-state index contributed by atoms with van der Waals surface area (Å²) in [7, 11) is 0. The lowest BCUT2D eigenvalue weighted by atomic mass is 10.2. The van der Waals surface area contributed by atoms with Crippen molar-refractivity contribution in [3.8, 4) is 5.75 Å². The maximum absolute atomic E-state index is 12.8. The van der Waals surface area contributed by atoms with E-state index >= 15 is 0 Å². The minimum Gasteiger partial charge on any atom is -0.494 e. The zero-order valence-electron chi connectivity index (χ0n) is 15.4. The van der Waals surface area contributed by atoms with Gasteiger partial charge in [0.2, 0.25) is 0 Å². The lowest BCUT2D eigenvalue weighted by molar-refractivity contribution is 0.194. The van der Waals surface area contributed by atoms with Gasteiger partial charge in [0.25, 0.3) is 0 Å². The molecule has 0 bridgehead atoms. The number of amides is 2. The van der Waals surface area contributed by atoms with E-state index in [4.69, 9.17) is 4.74 Å². The molecule has 0 spiro atoms. The van der Waals surface area contributed by atoms with Gasteiger partial charge in [-0.2, -0.15) is 0 Å². The predicted octanol–water partition coefficient (Wildman–Crippen LogP) is 3.52. The van der Waals surface area contributed by atoms with Crippen LogP contribution in [0.2, 0.25) is 0 Å². The number of urea groups is 1. The minimum atomic E-state index is -0.269. The number of halogens is 1. The standard InChI is InChI=1S/C21H26FN3O2/c22-18-8-10-20(11-9-18)27-17-5-4-12-23-21(26)25-15-13-24(14-16-25)19-6-2-1-3-7-19/h1-3,6-11H,4-5,12-17H2,(H,23,26). The topological polar surface area (TPSA) is 44.8 Å². The largest absolute Gasteiger partial charge is 0.494 e. The second-order valence-corrected chi connectivity index (χ2v) is 6.55. The number of carbonyl (C=O) groups is 1. The average Bonchev–Trinajstić information content (AvgIpc) is 2.72. The van der Waals surface area contributed by atoms with Gasteiger partial charge in [-0.1, -0.05) is 18.2 Å². The molecule has 0 aliphatic carbocycles. The van der Waals surface area contributed by atoms with Crippen molar-refractivity contribution in [3.05, 3.63) is 60.4 Å². The van der Waals surface area contributed by atoms with Crippen LogP contribution in [-0.2, 0) is 0 Å². The first-order valence-corrected chi connectivity index (χ1v) is 9.43. The molecule has 0 saturated carbocycles. The first-order valence-electron chi connectivity index (χ1n) is 9.43. The van der Waals surface area contributed by atoms with Gasteiger partial charge < -0.3 is 19.9 Å². The molecule has 1 aliphatic heterocycles. The Kier molecular flexibility index (Phi) is 6.90. The SMILES string of the molecule is O=C(NCCCCOc1ccc(F)cc1)N1CCN(c2ccccc2)CC1. The van der Waals surface area contributed by atoms with Gasteiger partial charge >= 0.3 is 6.03 Å². The molecule has 2 aromatic rings. The van der Waals surface area contributed by atoms with Crippen LogP contribution in [0.3, 0.4) is 0 Å². The molecule has 0 aromatic heterocycles. The van der Waals surface area contributed by atoms with E-state index < -0.39 is 0 Å². The van der Waals surface area contributed by atoms with Crippen molar-refractivity contribution in [2.24, 2.45) is 0 Å². The van der Waals surface area contributed by atoms with E-state index in [0.717, 1.165) is 39.0 Å². The Hall–Kier alpha value is -2.76. The molecule has 1 fully saturated rings. The van der Waals surface area contributed by atoms with Gasteiger partial charge in [-0.05, 0) is 49.2 Å². The van der Waals surface area contributed by atoms with E-state index in [0.29, 0.717) is 18.9 Å². The summed E-state index contributed by atoms with van der Waals surface area (Å²) in [6.07, 6.45) is 1.68. The highest BCUT2D eigenvalue weighted by Crippen LogP contribution is 2.15. The Morgan fingerprint density at radius 1 is 0.963 bits per heavy atom. The van der Waals surface area contributed by atoms with Crippen LogP contribution in [-0.4, -0.2) is 50.3 Å². The number of nitrogens with zero attached hydrogens (tertiary/aromatic N) is 2. The van der Waals surface area contributed by atoms with Crippen LogP contribution < -0.4 is 15.0 Å². The summed E-state index contributed by atoms with van der Waals surface area (Å²) < 4.78 is 18.4. The van der Waals surface area contributed by atoms with E-state index in [1.54, 1.807) is 12.1 Å². The van der Waals surface area contributed by atoms with Gasteiger partial charge in [0.05, 0.1) is 6.61 Å². The fourth-order valence-corrected chi connectivity index (χ4v) is 3.06. The highest BCUT2D eigenvalue weighted by Gasteiger charge is 2.20. The maximum Gasteiger partial charge on any atom is 0.317 e. The van der Waals surface area contributed by atoms with Crippen molar-refractivity contribution in [2.45, 2.75) is 12.8 Å². The van der Waals surface area contributed by atoms with Gasteiger partial charge in [0, 0.05) is 38.4 Å². The first-order chi connectivity index (χ1) is 13.2. The summed E-state index contributed by atoms with van der Waals surface area (Å²) in [5.41, 5.74) is 1.21. The Labute approximate surface area is 159 Å². The van der Waals surface area contributed by atoms with Crippen LogP contribution in [0.25, 0.3) is 0 Å². The molecular weight excluding hydrogens is 345 g/mol. The quantitative estimate of drug-likeness (QED) is 0.758. The number of carbonyl (C=O) groups excluding carboxylic acids is 1. The van der Waals surface area contributed by atoms with Gasteiger partial charge in [-0.15, -0.1) is 0 Å². The minimum absolute atomic E-state index is 0.00200. The Morgan fingerprint density at radius 2 is 1.67 bits per heavy atom.